The van der Waals surface area contributed by atoms with Crippen LogP contribution in [0.2, 0.25) is 0 Å². The maximum Gasteiger partial charge on any atom is 0.319 e. The van der Waals surface area contributed by atoms with Crippen LogP contribution in [0.3, 0.4) is 0 Å². The monoisotopic (exact) mass is 367 g/mol. The van der Waals surface area contributed by atoms with Crippen molar-refractivity contribution < 1.29 is 9.59 Å². The Morgan fingerprint density at radius 1 is 0.889 bits per heavy atom. The smallest absolute Gasteiger partial charge is 0.319 e. The van der Waals surface area contributed by atoms with Crippen molar-refractivity contribution in [2.45, 2.75) is 46.2 Å². The van der Waals surface area contributed by atoms with Gasteiger partial charge < -0.3 is 16.0 Å². The third kappa shape index (κ3) is 6.13. The van der Waals surface area contributed by atoms with Crippen molar-refractivity contribution in [3.8, 4) is 0 Å². The molecule has 2 aromatic rings. The van der Waals surface area contributed by atoms with E-state index in [0.717, 1.165) is 12.0 Å². The van der Waals surface area contributed by atoms with Gasteiger partial charge in [0.25, 0.3) is 5.91 Å². The van der Waals surface area contributed by atoms with Gasteiger partial charge in [0.15, 0.2) is 0 Å². The first-order valence-corrected chi connectivity index (χ1v) is 9.44. The van der Waals surface area contributed by atoms with E-state index >= 15 is 0 Å². The minimum absolute atomic E-state index is 0.0771. The van der Waals surface area contributed by atoms with Crippen LogP contribution in [0.1, 0.15) is 56.1 Å². The van der Waals surface area contributed by atoms with E-state index in [-0.39, 0.29) is 29.9 Å². The lowest BCUT2D eigenvalue weighted by Gasteiger charge is -2.23. The Bertz CT molecular complexity index is 742. The minimum Gasteiger partial charge on any atom is -0.350 e. The summed E-state index contributed by atoms with van der Waals surface area (Å²) in [4.78, 5) is 24.5. The van der Waals surface area contributed by atoms with Crippen molar-refractivity contribution >= 4 is 17.6 Å². The van der Waals surface area contributed by atoms with Crippen LogP contribution >= 0.6 is 0 Å². The van der Waals surface area contributed by atoms with E-state index in [1.54, 1.807) is 24.3 Å². The number of hydrogen-bond acceptors (Lipinski definition) is 2. The summed E-state index contributed by atoms with van der Waals surface area (Å²) >= 11 is 0. The van der Waals surface area contributed by atoms with Crippen LogP contribution < -0.4 is 16.0 Å². The predicted molar refractivity (Wildman–Crippen MR) is 110 cm³/mol. The van der Waals surface area contributed by atoms with Gasteiger partial charge in [-0.3, -0.25) is 4.79 Å². The zero-order chi connectivity index (χ0) is 19.8. The average molecular weight is 367 g/mol. The molecule has 0 bridgehead atoms. The molecule has 0 saturated carbocycles. The Balaban J connectivity index is 1.98. The Labute approximate surface area is 161 Å². The summed E-state index contributed by atoms with van der Waals surface area (Å²) in [6.45, 7) is 8.14. The summed E-state index contributed by atoms with van der Waals surface area (Å²) in [6.07, 6.45) is 0.879. The van der Waals surface area contributed by atoms with Crippen molar-refractivity contribution in [3.05, 3.63) is 65.7 Å². The lowest BCUT2D eigenvalue weighted by Crippen LogP contribution is -2.35. The van der Waals surface area contributed by atoms with E-state index in [2.05, 4.69) is 29.8 Å². The molecule has 3 N–H and O–H groups in total. The summed E-state index contributed by atoms with van der Waals surface area (Å²) in [5, 5.41) is 8.78. The second kappa shape index (κ2) is 9.76. The molecule has 0 spiro atoms. The van der Waals surface area contributed by atoms with Crippen molar-refractivity contribution in [3.63, 3.8) is 0 Å². The molecule has 2 atom stereocenters. The SMILES string of the molecule is CCC(C)NC(=O)c1ccc(NC(=O)NC(c2ccccc2)C(C)C)cc1. The van der Waals surface area contributed by atoms with Crippen molar-refractivity contribution in [1.82, 2.24) is 10.6 Å². The largest absolute Gasteiger partial charge is 0.350 e. The van der Waals surface area contributed by atoms with Crippen LogP contribution in [0.4, 0.5) is 10.5 Å². The molecule has 0 fully saturated rings. The molecule has 2 unspecified atom stereocenters. The number of carbonyl (C=O) groups is 2. The molecule has 5 heteroatoms. The summed E-state index contributed by atoms with van der Waals surface area (Å²) in [5.41, 5.74) is 2.29. The van der Waals surface area contributed by atoms with Gasteiger partial charge in [0.1, 0.15) is 0 Å². The van der Waals surface area contributed by atoms with Gasteiger partial charge in [-0.05, 0) is 49.1 Å². The third-order valence-corrected chi connectivity index (χ3v) is 4.51. The molecule has 0 aliphatic heterocycles. The van der Waals surface area contributed by atoms with E-state index in [4.69, 9.17) is 0 Å². The second-order valence-corrected chi connectivity index (χ2v) is 7.09. The molecule has 27 heavy (non-hydrogen) atoms. The van der Waals surface area contributed by atoms with E-state index in [1.165, 1.54) is 0 Å². The molecule has 2 rings (SSSR count). The van der Waals surface area contributed by atoms with Gasteiger partial charge in [0.2, 0.25) is 0 Å². The highest BCUT2D eigenvalue weighted by Gasteiger charge is 2.18. The van der Waals surface area contributed by atoms with Crippen LogP contribution in [-0.2, 0) is 0 Å². The Morgan fingerprint density at radius 2 is 1.52 bits per heavy atom. The van der Waals surface area contributed by atoms with Gasteiger partial charge in [-0.15, -0.1) is 0 Å². The lowest BCUT2D eigenvalue weighted by molar-refractivity contribution is 0.0939. The number of urea groups is 1. The van der Waals surface area contributed by atoms with Crippen LogP contribution in [-0.4, -0.2) is 18.0 Å². The summed E-state index contributed by atoms with van der Waals surface area (Å²) in [5.74, 6) is 0.147. The topological polar surface area (TPSA) is 70.2 Å². The lowest BCUT2D eigenvalue weighted by atomic mass is 9.96. The minimum atomic E-state index is -0.269. The first-order valence-electron chi connectivity index (χ1n) is 9.44. The zero-order valence-electron chi connectivity index (χ0n) is 16.5. The highest BCUT2D eigenvalue weighted by molar-refractivity contribution is 5.95. The van der Waals surface area contributed by atoms with E-state index in [0.29, 0.717) is 11.3 Å². The van der Waals surface area contributed by atoms with E-state index in [1.807, 2.05) is 44.2 Å². The van der Waals surface area contributed by atoms with Gasteiger partial charge in [0, 0.05) is 17.3 Å². The molecule has 0 saturated heterocycles. The molecule has 2 aromatic carbocycles. The molecule has 0 radical (unpaired) electrons. The molecule has 0 aromatic heterocycles. The summed E-state index contributed by atoms with van der Waals surface area (Å²) in [7, 11) is 0. The normalized spacial score (nSPS) is 12.9. The number of hydrogen-bond donors (Lipinski definition) is 3. The maximum absolute atomic E-state index is 12.4. The van der Waals surface area contributed by atoms with Crippen molar-refractivity contribution in [2.75, 3.05) is 5.32 Å². The molecule has 5 nitrogen and oxygen atoms in total. The number of anilines is 1. The van der Waals surface area contributed by atoms with Gasteiger partial charge in [-0.2, -0.15) is 0 Å². The highest BCUT2D eigenvalue weighted by atomic mass is 16.2. The molecule has 0 heterocycles. The predicted octanol–water partition coefficient (Wildman–Crippen LogP) is 4.73. The molecule has 3 amide bonds. The maximum atomic E-state index is 12.4. The Hall–Kier alpha value is -2.82. The van der Waals surface area contributed by atoms with Gasteiger partial charge >= 0.3 is 6.03 Å². The Kier molecular flexibility index (Phi) is 7.41. The zero-order valence-corrected chi connectivity index (χ0v) is 16.5. The quantitative estimate of drug-likeness (QED) is 0.662. The first-order chi connectivity index (χ1) is 12.9. The van der Waals surface area contributed by atoms with Crippen molar-refractivity contribution in [1.29, 1.82) is 0 Å². The van der Waals surface area contributed by atoms with E-state index < -0.39 is 0 Å². The van der Waals surface area contributed by atoms with Crippen molar-refractivity contribution in [2.24, 2.45) is 5.92 Å². The number of carbonyl (C=O) groups excluding carboxylic acids is 2. The van der Waals surface area contributed by atoms with E-state index in [9.17, 15) is 9.59 Å². The summed E-state index contributed by atoms with van der Waals surface area (Å²) in [6, 6.07) is 16.6. The van der Waals surface area contributed by atoms with Gasteiger partial charge in [-0.25, -0.2) is 4.79 Å². The molecular formula is C22H29N3O2. The average Bonchev–Trinajstić information content (AvgIpc) is 2.67. The van der Waals surface area contributed by atoms with Crippen LogP contribution in [0.25, 0.3) is 0 Å². The fourth-order valence-electron chi connectivity index (χ4n) is 2.72. The van der Waals surface area contributed by atoms with Gasteiger partial charge in [0.05, 0.1) is 6.04 Å². The number of rotatable bonds is 7. The third-order valence-electron chi connectivity index (χ3n) is 4.51. The fraction of sp³-hybridized carbons (Fsp3) is 0.364. The second-order valence-electron chi connectivity index (χ2n) is 7.09. The standard InChI is InChI=1S/C22H29N3O2/c1-5-16(4)23-21(26)18-11-13-19(14-12-18)24-22(27)25-20(15(2)3)17-9-7-6-8-10-17/h6-16,20H,5H2,1-4H3,(H,23,26)(H2,24,25,27). The first kappa shape index (κ1) is 20.5. The van der Waals surface area contributed by atoms with Crippen LogP contribution in [0.5, 0.6) is 0 Å². The van der Waals surface area contributed by atoms with Gasteiger partial charge in [-0.1, -0.05) is 51.1 Å². The molecule has 0 aliphatic rings. The Morgan fingerprint density at radius 3 is 2.07 bits per heavy atom. The number of benzene rings is 2. The number of amides is 3. The highest BCUT2D eigenvalue weighted by Crippen LogP contribution is 2.21. The summed E-state index contributed by atoms with van der Waals surface area (Å²) < 4.78 is 0. The fourth-order valence-corrected chi connectivity index (χ4v) is 2.72. The van der Waals surface area contributed by atoms with Crippen LogP contribution in [0, 0.1) is 5.92 Å². The van der Waals surface area contributed by atoms with Crippen LogP contribution in [0.15, 0.2) is 54.6 Å². The molecular weight excluding hydrogens is 338 g/mol. The molecule has 0 aliphatic carbocycles. The molecule has 144 valence electrons. The number of nitrogens with one attached hydrogen (secondary N) is 3.